The molecule has 0 radical (unpaired) electrons. The van der Waals surface area contributed by atoms with Gasteiger partial charge in [-0.3, -0.25) is 13.9 Å². The fourth-order valence-corrected chi connectivity index (χ4v) is 6.19. The highest BCUT2D eigenvalue weighted by Gasteiger charge is 2.43. The van der Waals surface area contributed by atoms with Crippen molar-refractivity contribution in [2.75, 3.05) is 18.5 Å². The average molecular weight is 568 g/mol. The van der Waals surface area contributed by atoms with Crippen molar-refractivity contribution >= 4 is 30.5 Å². The molecule has 1 fully saturated rings. The van der Waals surface area contributed by atoms with Crippen LogP contribution in [0.4, 0.5) is 5.82 Å². The summed E-state index contributed by atoms with van der Waals surface area (Å²) in [5.41, 5.74) is 7.73. The zero-order chi connectivity index (χ0) is 28.1. The van der Waals surface area contributed by atoms with Crippen LogP contribution in [0.1, 0.15) is 30.5 Å². The van der Waals surface area contributed by atoms with Crippen LogP contribution in [0.3, 0.4) is 0 Å². The molecule has 3 heterocycles. The monoisotopic (exact) mass is 567 g/mol. The zero-order valence-corrected chi connectivity index (χ0v) is 22.7. The number of nitrogens with zero attached hydrogens (tertiary/aromatic N) is 4. The van der Waals surface area contributed by atoms with E-state index in [2.05, 4.69) is 15.0 Å². The smallest absolute Gasteiger partial charge is 0.380 e. The van der Waals surface area contributed by atoms with Gasteiger partial charge in [0.05, 0.1) is 25.5 Å². The molecule has 0 aliphatic carbocycles. The minimum Gasteiger partial charge on any atom is -0.461 e. The number of aliphatic hydroxyl groups excluding tert-OH is 1. The molecule has 2 aromatic carbocycles. The Bertz CT molecular complexity index is 1500. The Labute approximate surface area is 230 Å². The number of esters is 1. The van der Waals surface area contributed by atoms with Crippen molar-refractivity contribution in [1.29, 1.82) is 0 Å². The number of carbonyl (C=O) groups is 1. The zero-order valence-electron chi connectivity index (χ0n) is 21.8. The lowest BCUT2D eigenvalue weighted by atomic mass is 10.2. The van der Waals surface area contributed by atoms with Gasteiger partial charge in [0, 0.05) is 6.42 Å². The number of benzene rings is 2. The van der Waals surface area contributed by atoms with Crippen molar-refractivity contribution in [2.45, 2.75) is 44.8 Å². The summed E-state index contributed by atoms with van der Waals surface area (Å²) in [4.78, 5) is 25.4. The van der Waals surface area contributed by atoms with Crippen molar-refractivity contribution in [3.05, 3.63) is 78.4 Å². The van der Waals surface area contributed by atoms with Crippen molar-refractivity contribution in [1.82, 2.24) is 19.5 Å². The number of nitrogen functional groups attached to an aromatic ring is 1. The van der Waals surface area contributed by atoms with Gasteiger partial charge in [0.2, 0.25) is 0 Å². The summed E-state index contributed by atoms with van der Waals surface area (Å²) in [6.07, 6.45) is -0.963. The number of aromatic nitrogens is 4. The number of hydrogen-bond donors (Lipinski definition) is 2. The number of aryl methyl sites for hydroxylation is 1. The number of hydrogen-bond acceptors (Lipinski definition) is 11. The Morgan fingerprint density at radius 1 is 1.15 bits per heavy atom. The van der Waals surface area contributed by atoms with Crippen LogP contribution in [0.25, 0.3) is 11.2 Å². The lowest BCUT2D eigenvalue weighted by Gasteiger charge is -2.24. The highest BCUT2D eigenvalue weighted by molar-refractivity contribution is 7.54. The maximum Gasteiger partial charge on any atom is 0.380 e. The third-order valence-corrected chi connectivity index (χ3v) is 8.20. The fraction of sp³-hybridized carbons (Fsp3) is 0.333. The molecule has 40 heavy (non-hydrogen) atoms. The van der Waals surface area contributed by atoms with Gasteiger partial charge in [0.15, 0.2) is 11.5 Å². The summed E-state index contributed by atoms with van der Waals surface area (Å²) in [5, 5.41) is 10.1. The van der Waals surface area contributed by atoms with Crippen LogP contribution in [0.15, 0.2) is 67.0 Å². The number of carbonyl (C=O) groups excluding carboxylic acids is 1. The van der Waals surface area contributed by atoms with Gasteiger partial charge in [0.1, 0.15) is 42.1 Å². The number of fused-ring (bicyclic) bond motifs is 1. The molecule has 1 aliphatic rings. The van der Waals surface area contributed by atoms with E-state index in [0.29, 0.717) is 22.7 Å². The Morgan fingerprint density at radius 2 is 1.88 bits per heavy atom. The lowest BCUT2D eigenvalue weighted by molar-refractivity contribution is -0.144. The molecule has 3 N–H and O–H groups in total. The number of aliphatic hydroxyl groups is 1. The van der Waals surface area contributed by atoms with Crippen LogP contribution in [0.2, 0.25) is 0 Å². The first-order valence-corrected chi connectivity index (χ1v) is 14.5. The maximum absolute atomic E-state index is 14.0. The predicted molar refractivity (Wildman–Crippen MR) is 145 cm³/mol. The van der Waals surface area contributed by atoms with Crippen molar-refractivity contribution in [3.8, 4) is 5.75 Å². The molecule has 210 valence electrons. The fourth-order valence-electron chi connectivity index (χ4n) is 4.41. The predicted octanol–water partition coefficient (Wildman–Crippen LogP) is 3.79. The van der Waals surface area contributed by atoms with E-state index < -0.39 is 38.6 Å². The molecular formula is C27H30N5O7P. The number of rotatable bonds is 11. The molecule has 1 aliphatic heterocycles. The highest BCUT2D eigenvalue weighted by Crippen LogP contribution is 2.52. The summed E-state index contributed by atoms with van der Waals surface area (Å²) in [5.74, 6) is 0.491. The molecule has 2 aromatic heterocycles. The van der Waals surface area contributed by atoms with Crippen LogP contribution in [0, 0.1) is 6.92 Å². The van der Waals surface area contributed by atoms with Gasteiger partial charge in [-0.2, -0.15) is 0 Å². The maximum atomic E-state index is 14.0. The topological polar surface area (TPSA) is 161 Å². The molecule has 1 unspecified atom stereocenters. The number of para-hydroxylation sites is 1. The van der Waals surface area contributed by atoms with Crippen molar-refractivity contribution in [3.63, 3.8) is 0 Å². The van der Waals surface area contributed by atoms with E-state index in [9.17, 15) is 14.5 Å². The summed E-state index contributed by atoms with van der Waals surface area (Å²) < 4.78 is 39.0. The standard InChI is InChI=1S/C27H30N5O7P/c1-18-30-26(28)25-27(31-18)32(17-29-25)23-14-21(22(15-33)37-23)39-40(35,38-20-10-6-3-7-11-20)13-12-24(34)36-16-19-8-4-2-5-9-19/h2-11,17,21-23,33H,12-16H2,1H3,(H2,28,30,31)/t21-,22-,23-,40?/m1/s1. The SMILES string of the molecule is Cc1nc(N)c2ncn([C@H]3C[C@@H](OP(=O)(CCC(=O)OCc4ccccc4)Oc4ccccc4)[C@@H](CO)O3)c2n1. The third-order valence-electron chi connectivity index (χ3n) is 6.35. The number of imidazole rings is 1. The Kier molecular flexibility index (Phi) is 8.41. The van der Waals surface area contributed by atoms with E-state index in [-0.39, 0.29) is 31.4 Å². The second kappa shape index (κ2) is 12.1. The largest absolute Gasteiger partial charge is 0.461 e. The van der Waals surface area contributed by atoms with Crippen molar-refractivity contribution in [2.24, 2.45) is 0 Å². The number of nitrogens with two attached hydrogens (primary N) is 1. The first-order valence-electron chi connectivity index (χ1n) is 12.8. The normalized spacial score (nSPS) is 20.3. The second-order valence-electron chi connectivity index (χ2n) is 9.31. The Balaban J connectivity index is 1.31. The van der Waals surface area contributed by atoms with Gasteiger partial charge in [-0.1, -0.05) is 48.5 Å². The van der Waals surface area contributed by atoms with Crippen LogP contribution in [-0.2, 0) is 30.0 Å². The molecule has 12 nitrogen and oxygen atoms in total. The summed E-state index contributed by atoms with van der Waals surface area (Å²) in [6.45, 7) is 1.42. The molecule has 1 saturated heterocycles. The highest BCUT2D eigenvalue weighted by atomic mass is 31.2. The first-order chi connectivity index (χ1) is 19.3. The molecule has 0 spiro atoms. The van der Waals surface area contributed by atoms with E-state index in [1.807, 2.05) is 30.3 Å². The second-order valence-corrected chi connectivity index (χ2v) is 11.4. The van der Waals surface area contributed by atoms with Crippen LogP contribution >= 0.6 is 7.60 Å². The number of ether oxygens (including phenoxy) is 2. The minimum atomic E-state index is -3.92. The molecule has 5 rings (SSSR count). The van der Waals surface area contributed by atoms with E-state index in [4.69, 9.17) is 24.3 Å². The molecule has 4 atom stereocenters. The third kappa shape index (κ3) is 6.48. The Hall–Kier alpha value is -3.83. The number of anilines is 1. The van der Waals surface area contributed by atoms with Crippen LogP contribution in [-0.4, -0.2) is 55.6 Å². The van der Waals surface area contributed by atoms with Gasteiger partial charge < -0.3 is 24.8 Å². The summed E-state index contributed by atoms with van der Waals surface area (Å²) >= 11 is 0. The molecule has 0 amide bonds. The van der Waals surface area contributed by atoms with Gasteiger partial charge in [-0.05, 0) is 24.6 Å². The van der Waals surface area contributed by atoms with Gasteiger partial charge in [0.25, 0.3) is 0 Å². The summed E-state index contributed by atoms with van der Waals surface area (Å²) in [6, 6.07) is 17.8. The lowest BCUT2D eigenvalue weighted by Crippen LogP contribution is -2.28. The molecule has 4 aromatic rings. The quantitative estimate of drug-likeness (QED) is 0.200. The van der Waals surface area contributed by atoms with E-state index >= 15 is 0 Å². The van der Waals surface area contributed by atoms with Crippen molar-refractivity contribution < 1.29 is 33.0 Å². The molecule has 0 saturated carbocycles. The van der Waals surface area contributed by atoms with E-state index in [0.717, 1.165) is 5.56 Å². The Morgan fingerprint density at radius 3 is 2.60 bits per heavy atom. The first kappa shape index (κ1) is 27.7. The van der Waals surface area contributed by atoms with Gasteiger partial charge in [-0.15, -0.1) is 0 Å². The van der Waals surface area contributed by atoms with Crippen LogP contribution < -0.4 is 10.3 Å². The average Bonchev–Trinajstić information content (AvgIpc) is 3.55. The van der Waals surface area contributed by atoms with Crippen LogP contribution in [0.5, 0.6) is 5.75 Å². The molecular weight excluding hydrogens is 537 g/mol. The summed E-state index contributed by atoms with van der Waals surface area (Å²) in [7, 11) is -3.92. The van der Waals surface area contributed by atoms with E-state index in [1.165, 1.54) is 6.33 Å². The van der Waals surface area contributed by atoms with Gasteiger partial charge >= 0.3 is 13.6 Å². The van der Waals surface area contributed by atoms with Gasteiger partial charge in [-0.25, -0.2) is 19.5 Å². The molecule has 13 heteroatoms. The van der Waals surface area contributed by atoms with E-state index in [1.54, 1.807) is 41.8 Å². The molecule has 0 bridgehead atoms. The minimum absolute atomic E-state index is 0.0987.